The van der Waals surface area contributed by atoms with E-state index in [1.54, 1.807) is 6.92 Å². The molecule has 0 bridgehead atoms. The molecule has 178 valence electrons. The normalized spacial score (nSPS) is 15.5. The van der Waals surface area contributed by atoms with Gasteiger partial charge in [-0.1, -0.05) is 20.3 Å². The third-order valence-electron chi connectivity index (χ3n) is 4.61. The van der Waals surface area contributed by atoms with Crippen LogP contribution in [0.5, 0.6) is 0 Å². The number of nitrogens with zero attached hydrogens (tertiary/aromatic N) is 1. The molecule has 0 aromatic heterocycles. The van der Waals surface area contributed by atoms with Gasteiger partial charge >= 0.3 is 5.97 Å². The summed E-state index contributed by atoms with van der Waals surface area (Å²) in [5.74, 6) is -3.71. The molecule has 13 heteroatoms. The van der Waals surface area contributed by atoms with E-state index in [0.717, 1.165) is 0 Å². The Hall–Kier alpha value is -2.93. The number of aliphatic hydroxyl groups is 1. The van der Waals surface area contributed by atoms with Crippen LogP contribution in [0.4, 0.5) is 0 Å². The molecule has 31 heavy (non-hydrogen) atoms. The fraction of sp³-hybridized carbons (Fsp3) is 0.722. The molecule has 0 aliphatic carbocycles. The molecule has 0 aromatic rings. The molecule has 11 N–H and O–H groups in total. The maximum atomic E-state index is 12.9. The van der Waals surface area contributed by atoms with Gasteiger partial charge in [0.2, 0.25) is 17.7 Å². The zero-order valence-corrected chi connectivity index (χ0v) is 18.1. The van der Waals surface area contributed by atoms with Crippen LogP contribution in [0.25, 0.3) is 0 Å². The van der Waals surface area contributed by atoms with Gasteiger partial charge in [0.05, 0.1) is 6.10 Å². The largest absolute Gasteiger partial charge is 0.480 e. The summed E-state index contributed by atoms with van der Waals surface area (Å²) in [6.07, 6.45) is -0.149. The van der Waals surface area contributed by atoms with Crippen LogP contribution in [0, 0.1) is 5.92 Å². The first-order valence-corrected chi connectivity index (χ1v) is 9.99. The smallest absolute Gasteiger partial charge is 0.322 e. The summed E-state index contributed by atoms with van der Waals surface area (Å²) in [4.78, 5) is 52.0. The first-order valence-electron chi connectivity index (χ1n) is 9.99. The molecule has 5 unspecified atom stereocenters. The second-order valence-electron chi connectivity index (χ2n) is 7.26. The number of hydrogen-bond acceptors (Lipinski definition) is 7. The Morgan fingerprint density at radius 2 is 1.65 bits per heavy atom. The Morgan fingerprint density at radius 1 is 1.03 bits per heavy atom. The van der Waals surface area contributed by atoms with Gasteiger partial charge in [0, 0.05) is 6.54 Å². The van der Waals surface area contributed by atoms with Crippen molar-refractivity contribution in [2.75, 3.05) is 13.1 Å². The standard InChI is InChI=1S/C18H35N7O6/c1-4-9(2)14(17(31)23-8-12(27)28)25-15(29)11(6-5-7-22-18(20)21)24-16(30)13(19)10(3)26/h9-11,13-14,26H,4-8,19H2,1-3H3,(H,23,31)(H,24,30)(H,25,29)(H,27,28)(H4,20,21,22). The van der Waals surface area contributed by atoms with Crippen molar-refractivity contribution in [3.63, 3.8) is 0 Å². The third-order valence-corrected chi connectivity index (χ3v) is 4.61. The first kappa shape index (κ1) is 28.1. The summed E-state index contributed by atoms with van der Waals surface area (Å²) in [7, 11) is 0. The Balaban J connectivity index is 5.40. The number of nitrogens with two attached hydrogens (primary N) is 3. The van der Waals surface area contributed by atoms with Crippen molar-refractivity contribution in [3.8, 4) is 0 Å². The number of nitrogens with one attached hydrogen (secondary N) is 3. The summed E-state index contributed by atoms with van der Waals surface area (Å²) >= 11 is 0. The highest BCUT2D eigenvalue weighted by Crippen LogP contribution is 2.10. The molecule has 3 amide bonds. The first-order chi connectivity index (χ1) is 14.4. The van der Waals surface area contributed by atoms with E-state index in [9.17, 15) is 24.3 Å². The summed E-state index contributed by atoms with van der Waals surface area (Å²) in [5, 5.41) is 25.5. The molecular formula is C18H35N7O6. The highest BCUT2D eigenvalue weighted by Gasteiger charge is 2.31. The molecule has 0 fully saturated rings. The highest BCUT2D eigenvalue weighted by molar-refractivity contribution is 5.93. The van der Waals surface area contributed by atoms with Crippen LogP contribution in [-0.2, 0) is 19.2 Å². The molecular weight excluding hydrogens is 410 g/mol. The monoisotopic (exact) mass is 445 g/mol. The van der Waals surface area contributed by atoms with Crippen LogP contribution in [-0.4, -0.2) is 77.2 Å². The Bertz CT molecular complexity index is 651. The van der Waals surface area contributed by atoms with Crippen molar-refractivity contribution in [2.45, 2.75) is 64.3 Å². The summed E-state index contributed by atoms with van der Waals surface area (Å²) in [6.45, 7) is 4.48. The molecule has 0 spiro atoms. The lowest BCUT2D eigenvalue weighted by atomic mass is 9.97. The maximum Gasteiger partial charge on any atom is 0.322 e. The van der Waals surface area contributed by atoms with E-state index in [0.29, 0.717) is 12.8 Å². The summed E-state index contributed by atoms with van der Waals surface area (Å²) in [5.41, 5.74) is 16.2. The molecule has 0 rings (SSSR count). The number of carboxylic acid groups (broad SMARTS) is 1. The van der Waals surface area contributed by atoms with E-state index in [1.165, 1.54) is 6.92 Å². The minimum atomic E-state index is -1.25. The SMILES string of the molecule is CCC(C)C(NC(=O)C(CCCN=C(N)N)NC(=O)C(N)C(C)O)C(=O)NCC(=O)O. The number of guanidine groups is 1. The predicted octanol–water partition coefficient (Wildman–Crippen LogP) is -3.04. The van der Waals surface area contributed by atoms with E-state index >= 15 is 0 Å². The van der Waals surface area contributed by atoms with Crippen LogP contribution < -0.4 is 33.2 Å². The molecule has 0 aliphatic rings. The zero-order chi connectivity index (χ0) is 24.1. The van der Waals surface area contributed by atoms with Gasteiger partial charge in [-0.25, -0.2) is 0 Å². The van der Waals surface area contributed by atoms with Crippen LogP contribution in [0.3, 0.4) is 0 Å². The van der Waals surface area contributed by atoms with Gasteiger partial charge in [0.1, 0.15) is 24.7 Å². The average molecular weight is 446 g/mol. The van der Waals surface area contributed by atoms with Crippen LogP contribution in [0.1, 0.15) is 40.0 Å². The second-order valence-corrected chi connectivity index (χ2v) is 7.26. The van der Waals surface area contributed by atoms with Crippen molar-refractivity contribution < 1.29 is 29.4 Å². The van der Waals surface area contributed by atoms with Crippen molar-refractivity contribution in [2.24, 2.45) is 28.1 Å². The number of rotatable bonds is 14. The molecule has 0 aliphatic heterocycles. The van der Waals surface area contributed by atoms with Gasteiger partial charge in [-0.05, 0) is 25.7 Å². The highest BCUT2D eigenvalue weighted by atomic mass is 16.4. The maximum absolute atomic E-state index is 12.9. The number of carbonyl (C=O) groups is 4. The van der Waals surface area contributed by atoms with Gasteiger partial charge in [0.15, 0.2) is 5.96 Å². The lowest BCUT2D eigenvalue weighted by Gasteiger charge is -2.27. The Labute approximate surface area is 181 Å². The van der Waals surface area contributed by atoms with Gasteiger partial charge in [-0.2, -0.15) is 0 Å². The molecule has 0 saturated heterocycles. The fourth-order valence-electron chi connectivity index (χ4n) is 2.49. The topological polar surface area (TPSA) is 235 Å². The quantitative estimate of drug-likeness (QED) is 0.0769. The van der Waals surface area contributed by atoms with Crippen molar-refractivity contribution >= 4 is 29.7 Å². The van der Waals surface area contributed by atoms with Crippen LogP contribution in [0.2, 0.25) is 0 Å². The van der Waals surface area contributed by atoms with E-state index in [2.05, 4.69) is 20.9 Å². The molecule has 0 saturated carbocycles. The van der Waals surface area contributed by atoms with Crippen LogP contribution in [0.15, 0.2) is 4.99 Å². The number of carbonyl (C=O) groups excluding carboxylic acids is 3. The van der Waals surface area contributed by atoms with Gasteiger partial charge < -0.3 is 43.4 Å². The van der Waals surface area contributed by atoms with Gasteiger partial charge in [-0.15, -0.1) is 0 Å². The van der Waals surface area contributed by atoms with Crippen molar-refractivity contribution in [3.05, 3.63) is 0 Å². The van der Waals surface area contributed by atoms with Crippen LogP contribution >= 0.6 is 0 Å². The lowest BCUT2D eigenvalue weighted by molar-refractivity contribution is -0.139. The zero-order valence-electron chi connectivity index (χ0n) is 18.1. The average Bonchev–Trinajstić information content (AvgIpc) is 2.70. The van der Waals surface area contributed by atoms with Crippen molar-refractivity contribution in [1.82, 2.24) is 16.0 Å². The molecule has 0 radical (unpaired) electrons. The fourth-order valence-corrected chi connectivity index (χ4v) is 2.49. The summed E-state index contributed by atoms with van der Waals surface area (Å²) in [6, 6.07) is -3.35. The number of aliphatic carboxylic acids is 1. The Morgan fingerprint density at radius 3 is 2.13 bits per heavy atom. The number of amides is 3. The van der Waals surface area contributed by atoms with Gasteiger partial charge in [0.25, 0.3) is 0 Å². The van der Waals surface area contributed by atoms with Gasteiger partial charge in [-0.3, -0.25) is 24.2 Å². The van der Waals surface area contributed by atoms with E-state index in [4.69, 9.17) is 22.3 Å². The number of hydrogen-bond donors (Lipinski definition) is 8. The summed E-state index contributed by atoms with van der Waals surface area (Å²) < 4.78 is 0. The number of carboxylic acids is 1. The minimum absolute atomic E-state index is 0.117. The number of aliphatic hydroxyl groups excluding tert-OH is 1. The predicted molar refractivity (Wildman–Crippen MR) is 114 cm³/mol. The minimum Gasteiger partial charge on any atom is -0.480 e. The van der Waals surface area contributed by atoms with E-state index in [-0.39, 0.29) is 24.8 Å². The molecule has 5 atom stereocenters. The lowest BCUT2D eigenvalue weighted by Crippen LogP contribution is -2.58. The number of aliphatic imine (C=N–C) groups is 1. The van der Waals surface area contributed by atoms with E-state index in [1.807, 2.05) is 6.92 Å². The van der Waals surface area contributed by atoms with E-state index < -0.39 is 54.5 Å². The third kappa shape index (κ3) is 11.1. The van der Waals surface area contributed by atoms with Crippen molar-refractivity contribution in [1.29, 1.82) is 0 Å². The Kier molecular flexibility index (Phi) is 12.8. The second kappa shape index (κ2) is 14.1. The molecule has 0 heterocycles. The molecule has 13 nitrogen and oxygen atoms in total. The molecule has 0 aromatic carbocycles.